The number of carbonyl (C=O) groups excluding carboxylic acids is 1. The van der Waals surface area contributed by atoms with Crippen molar-refractivity contribution in [3.63, 3.8) is 0 Å². The van der Waals surface area contributed by atoms with Gasteiger partial charge >= 0.3 is 0 Å². The van der Waals surface area contributed by atoms with Crippen LogP contribution in [0.2, 0.25) is 0 Å². The van der Waals surface area contributed by atoms with Crippen LogP contribution in [0, 0.1) is 20.8 Å². The van der Waals surface area contributed by atoms with Gasteiger partial charge in [-0.05, 0) is 62.8 Å². The Balaban J connectivity index is 1.29. The maximum Gasteiger partial charge on any atom is 0.255 e. The zero-order valence-electron chi connectivity index (χ0n) is 21.5. The van der Waals surface area contributed by atoms with Gasteiger partial charge in [0.2, 0.25) is 0 Å². The number of nitrogen functional groups attached to an aromatic ring is 1. The van der Waals surface area contributed by atoms with E-state index < -0.39 is 5.60 Å². The minimum atomic E-state index is -1.07. The molecular formula is C28H34N4O4S. The van der Waals surface area contributed by atoms with Crippen molar-refractivity contribution in [3.8, 4) is 10.4 Å². The van der Waals surface area contributed by atoms with E-state index in [0.29, 0.717) is 30.2 Å². The SMILES string of the molecule is Cc1ccc(CO[C@H]2CCC[C@@H]2NC(=O)c2cc(-c3sc(C4(O)CCOC4)nc3C)cnc2N)cc1C. The van der Waals surface area contributed by atoms with Crippen molar-refractivity contribution in [2.24, 2.45) is 0 Å². The highest BCUT2D eigenvalue weighted by Gasteiger charge is 2.38. The van der Waals surface area contributed by atoms with E-state index in [1.165, 1.54) is 22.5 Å². The molecule has 0 bridgehead atoms. The van der Waals surface area contributed by atoms with Crippen LogP contribution in [-0.2, 0) is 21.7 Å². The molecule has 4 N–H and O–H groups in total. The van der Waals surface area contributed by atoms with Crippen LogP contribution in [0.3, 0.4) is 0 Å². The first-order valence-electron chi connectivity index (χ1n) is 12.8. The molecule has 1 saturated carbocycles. The Bertz CT molecular complexity index is 1300. The van der Waals surface area contributed by atoms with Crippen LogP contribution in [0.4, 0.5) is 5.82 Å². The Morgan fingerprint density at radius 3 is 2.86 bits per heavy atom. The van der Waals surface area contributed by atoms with Crippen LogP contribution in [0.5, 0.6) is 0 Å². The molecule has 0 spiro atoms. The molecule has 9 heteroatoms. The summed E-state index contributed by atoms with van der Waals surface area (Å²) in [6.45, 7) is 7.35. The topological polar surface area (TPSA) is 120 Å². The highest BCUT2D eigenvalue weighted by Crippen LogP contribution is 2.39. The van der Waals surface area contributed by atoms with Crippen LogP contribution in [-0.4, -0.2) is 46.3 Å². The first-order valence-corrected chi connectivity index (χ1v) is 13.6. The van der Waals surface area contributed by atoms with Crippen LogP contribution in [0.25, 0.3) is 10.4 Å². The molecule has 1 unspecified atom stereocenters. The third kappa shape index (κ3) is 5.40. The Hall–Kier alpha value is -2.85. The number of nitrogens with zero attached hydrogens (tertiary/aromatic N) is 2. The monoisotopic (exact) mass is 522 g/mol. The number of aryl methyl sites for hydroxylation is 3. The van der Waals surface area contributed by atoms with Gasteiger partial charge in [0.1, 0.15) is 16.4 Å². The summed E-state index contributed by atoms with van der Waals surface area (Å²) in [6.07, 6.45) is 4.86. The predicted octanol–water partition coefficient (Wildman–Crippen LogP) is 4.19. The summed E-state index contributed by atoms with van der Waals surface area (Å²) >= 11 is 1.40. The van der Waals surface area contributed by atoms with E-state index in [-0.39, 0.29) is 30.5 Å². The van der Waals surface area contributed by atoms with Crippen molar-refractivity contribution in [1.82, 2.24) is 15.3 Å². The van der Waals surface area contributed by atoms with Gasteiger partial charge in [0.25, 0.3) is 5.91 Å². The molecule has 1 aliphatic carbocycles. The maximum absolute atomic E-state index is 13.3. The van der Waals surface area contributed by atoms with Crippen LogP contribution >= 0.6 is 11.3 Å². The highest BCUT2D eigenvalue weighted by molar-refractivity contribution is 7.15. The molecule has 1 aromatic carbocycles. The van der Waals surface area contributed by atoms with E-state index in [0.717, 1.165) is 41.0 Å². The number of thiazole rings is 1. The summed E-state index contributed by atoms with van der Waals surface area (Å²) in [5.74, 6) is -0.0826. The first kappa shape index (κ1) is 25.8. The molecular weight excluding hydrogens is 488 g/mol. The zero-order chi connectivity index (χ0) is 26.2. The number of aliphatic hydroxyl groups is 1. The van der Waals surface area contributed by atoms with Crippen molar-refractivity contribution < 1.29 is 19.4 Å². The number of aromatic nitrogens is 2. The smallest absolute Gasteiger partial charge is 0.255 e. The fourth-order valence-electron chi connectivity index (χ4n) is 5.00. The lowest BCUT2D eigenvalue weighted by atomic mass is 10.1. The van der Waals surface area contributed by atoms with E-state index in [4.69, 9.17) is 15.2 Å². The molecule has 0 radical (unpaired) electrons. The number of nitrogens with one attached hydrogen (secondary N) is 1. The number of benzene rings is 1. The van der Waals surface area contributed by atoms with Gasteiger partial charge in [-0.25, -0.2) is 9.97 Å². The van der Waals surface area contributed by atoms with E-state index in [1.807, 2.05) is 6.92 Å². The Morgan fingerprint density at radius 1 is 1.27 bits per heavy atom. The van der Waals surface area contributed by atoms with E-state index in [1.54, 1.807) is 12.3 Å². The van der Waals surface area contributed by atoms with Gasteiger partial charge < -0.3 is 25.6 Å². The first-order chi connectivity index (χ1) is 17.7. The van der Waals surface area contributed by atoms with Gasteiger partial charge in [0.05, 0.1) is 41.5 Å². The highest BCUT2D eigenvalue weighted by atomic mass is 32.1. The lowest BCUT2D eigenvalue weighted by Crippen LogP contribution is -2.41. The minimum Gasteiger partial charge on any atom is -0.383 e. The van der Waals surface area contributed by atoms with Crippen LogP contribution in [0.1, 0.15) is 63.4 Å². The van der Waals surface area contributed by atoms with Gasteiger partial charge in [-0.1, -0.05) is 18.2 Å². The molecule has 5 rings (SSSR count). The lowest BCUT2D eigenvalue weighted by molar-refractivity contribution is 0.0229. The average Bonchev–Trinajstić information content (AvgIpc) is 3.61. The summed E-state index contributed by atoms with van der Waals surface area (Å²) in [4.78, 5) is 23.1. The second-order valence-electron chi connectivity index (χ2n) is 10.2. The second-order valence-corrected chi connectivity index (χ2v) is 11.2. The summed E-state index contributed by atoms with van der Waals surface area (Å²) in [5.41, 5.74) is 10.6. The molecule has 1 amide bonds. The van der Waals surface area contributed by atoms with E-state index >= 15 is 0 Å². The Kier molecular flexibility index (Phi) is 7.31. The lowest BCUT2D eigenvalue weighted by Gasteiger charge is -2.22. The molecule has 1 aliphatic heterocycles. The molecule has 3 atom stereocenters. The quantitative estimate of drug-likeness (QED) is 0.426. The van der Waals surface area contributed by atoms with Crippen molar-refractivity contribution in [2.75, 3.05) is 18.9 Å². The number of anilines is 1. The number of rotatable bonds is 7. The molecule has 3 aromatic rings. The molecule has 2 aliphatic rings. The number of hydrogen-bond acceptors (Lipinski definition) is 8. The average molecular weight is 523 g/mol. The standard InChI is InChI=1S/C28H34N4O4S/c1-16-7-8-19(11-17(16)2)14-36-23-6-4-5-22(23)32-26(33)21-12-20(13-30-25(21)29)24-18(3)31-27(37-24)28(34)9-10-35-15-28/h7-8,11-13,22-23,34H,4-6,9-10,14-15H2,1-3H3,(H2,29,30)(H,32,33)/t22-,23-,28?/m0/s1. The maximum atomic E-state index is 13.3. The number of hydrogen-bond donors (Lipinski definition) is 3. The molecule has 1 saturated heterocycles. The number of amides is 1. The van der Waals surface area contributed by atoms with Gasteiger partial charge in [0, 0.05) is 24.8 Å². The van der Waals surface area contributed by atoms with Gasteiger partial charge in [-0.3, -0.25) is 4.79 Å². The van der Waals surface area contributed by atoms with Crippen molar-refractivity contribution in [1.29, 1.82) is 0 Å². The van der Waals surface area contributed by atoms with Gasteiger partial charge in [-0.15, -0.1) is 11.3 Å². The summed E-state index contributed by atoms with van der Waals surface area (Å²) in [5, 5.41) is 14.6. The second kappa shape index (κ2) is 10.5. The normalized spacial score (nSPS) is 23.5. The summed E-state index contributed by atoms with van der Waals surface area (Å²) in [7, 11) is 0. The Labute approximate surface area is 221 Å². The predicted molar refractivity (Wildman–Crippen MR) is 143 cm³/mol. The number of ether oxygens (including phenoxy) is 2. The molecule has 8 nitrogen and oxygen atoms in total. The van der Waals surface area contributed by atoms with Gasteiger partial charge in [-0.2, -0.15) is 0 Å². The van der Waals surface area contributed by atoms with Crippen LogP contribution < -0.4 is 11.1 Å². The Morgan fingerprint density at radius 2 is 2.11 bits per heavy atom. The number of nitrogens with two attached hydrogens (primary N) is 1. The van der Waals surface area contributed by atoms with E-state index in [9.17, 15) is 9.90 Å². The fraction of sp³-hybridized carbons (Fsp3) is 0.464. The van der Waals surface area contributed by atoms with E-state index in [2.05, 4.69) is 47.3 Å². The summed E-state index contributed by atoms with van der Waals surface area (Å²) in [6, 6.07) is 8.03. The largest absolute Gasteiger partial charge is 0.383 e. The zero-order valence-corrected chi connectivity index (χ0v) is 22.4. The molecule has 2 aromatic heterocycles. The van der Waals surface area contributed by atoms with Crippen molar-refractivity contribution in [3.05, 3.63) is 63.4 Å². The van der Waals surface area contributed by atoms with Crippen molar-refractivity contribution in [2.45, 2.75) is 70.8 Å². The molecule has 196 valence electrons. The summed E-state index contributed by atoms with van der Waals surface area (Å²) < 4.78 is 11.6. The van der Waals surface area contributed by atoms with Gasteiger partial charge in [0.15, 0.2) is 0 Å². The number of pyridine rings is 1. The third-order valence-electron chi connectivity index (χ3n) is 7.43. The molecule has 3 heterocycles. The number of carbonyl (C=O) groups is 1. The third-order valence-corrected chi connectivity index (χ3v) is 8.83. The van der Waals surface area contributed by atoms with Crippen molar-refractivity contribution >= 4 is 23.1 Å². The fourth-order valence-corrected chi connectivity index (χ4v) is 6.15. The molecule has 37 heavy (non-hydrogen) atoms. The van der Waals surface area contributed by atoms with Crippen LogP contribution in [0.15, 0.2) is 30.5 Å². The minimum absolute atomic E-state index is 0.0522. The molecule has 2 fully saturated rings.